The minimum absolute atomic E-state index is 0.272. The highest BCUT2D eigenvalue weighted by molar-refractivity contribution is 5.24. The number of hydrogen-bond acceptors (Lipinski definition) is 2. The van der Waals surface area contributed by atoms with Crippen molar-refractivity contribution >= 4 is 0 Å². The van der Waals surface area contributed by atoms with E-state index in [1.807, 2.05) is 13.0 Å². The second-order valence-corrected chi connectivity index (χ2v) is 8.26. The van der Waals surface area contributed by atoms with Crippen LogP contribution in [0, 0.1) is 13.8 Å². The summed E-state index contributed by atoms with van der Waals surface area (Å²) in [5, 5.41) is 9.92. The molecule has 0 aliphatic carbocycles. The summed E-state index contributed by atoms with van der Waals surface area (Å²) in [6.45, 7) is 5.98. The zero-order valence-corrected chi connectivity index (χ0v) is 18.2. The molecule has 0 atom stereocenters. The summed E-state index contributed by atoms with van der Waals surface area (Å²) in [5.74, 6) is 0. The molecule has 3 nitrogen and oxygen atoms in total. The molecule has 0 fully saturated rings. The lowest BCUT2D eigenvalue weighted by Gasteiger charge is -2.09. The van der Waals surface area contributed by atoms with Gasteiger partial charge in [-0.05, 0) is 38.3 Å². The topological polar surface area (TPSA) is 42.2 Å². The number of rotatable bonds is 16. The summed E-state index contributed by atoms with van der Waals surface area (Å²) in [6, 6.07) is 1.94. The average molecular weight is 378 g/mol. The maximum absolute atomic E-state index is 11.9. The van der Waals surface area contributed by atoms with Crippen molar-refractivity contribution in [1.29, 1.82) is 0 Å². The second-order valence-electron chi connectivity index (χ2n) is 8.26. The molecule has 0 unspecified atom stereocenters. The SMILES string of the molecule is CCCCCCCCCCCCCCCCCc1cc(C)c(C)c(=O)n1O. The molecule has 1 rings (SSSR count). The Morgan fingerprint density at radius 2 is 1.15 bits per heavy atom. The summed E-state index contributed by atoms with van der Waals surface area (Å²) in [4.78, 5) is 11.9. The molecule has 1 heterocycles. The van der Waals surface area contributed by atoms with E-state index in [1.165, 1.54) is 89.9 Å². The first-order chi connectivity index (χ1) is 13.1. The maximum atomic E-state index is 11.9. The minimum Gasteiger partial charge on any atom is -0.425 e. The Kier molecular flexibility index (Phi) is 13.0. The van der Waals surface area contributed by atoms with Gasteiger partial charge < -0.3 is 5.21 Å². The zero-order valence-electron chi connectivity index (χ0n) is 18.2. The maximum Gasteiger partial charge on any atom is 0.286 e. The lowest BCUT2D eigenvalue weighted by Crippen LogP contribution is -2.24. The molecule has 0 spiro atoms. The van der Waals surface area contributed by atoms with Crippen LogP contribution in [0.3, 0.4) is 0 Å². The first-order valence-electron chi connectivity index (χ1n) is 11.5. The van der Waals surface area contributed by atoms with Crippen molar-refractivity contribution in [1.82, 2.24) is 4.73 Å². The van der Waals surface area contributed by atoms with Gasteiger partial charge in [0.2, 0.25) is 0 Å². The number of unbranched alkanes of at least 4 members (excludes halogenated alkanes) is 14. The van der Waals surface area contributed by atoms with E-state index in [-0.39, 0.29) is 5.56 Å². The Balaban J connectivity index is 1.95. The molecule has 1 aromatic rings. The molecule has 0 saturated carbocycles. The number of pyridine rings is 1. The fraction of sp³-hybridized carbons (Fsp3) is 0.792. The van der Waals surface area contributed by atoms with E-state index < -0.39 is 0 Å². The molecule has 0 aliphatic heterocycles. The second kappa shape index (κ2) is 14.8. The molecular weight excluding hydrogens is 334 g/mol. The van der Waals surface area contributed by atoms with Gasteiger partial charge >= 0.3 is 0 Å². The highest BCUT2D eigenvalue weighted by atomic mass is 16.5. The molecule has 1 N–H and O–H groups in total. The zero-order chi connectivity index (χ0) is 19.9. The summed E-state index contributed by atoms with van der Waals surface area (Å²) in [7, 11) is 0. The molecule has 3 heteroatoms. The van der Waals surface area contributed by atoms with Crippen molar-refractivity contribution in [3.8, 4) is 0 Å². The Labute approximate surface area is 167 Å². The number of aryl methyl sites for hydroxylation is 2. The van der Waals surface area contributed by atoms with Crippen LogP contribution in [0.1, 0.15) is 120 Å². The van der Waals surface area contributed by atoms with Crippen LogP contribution >= 0.6 is 0 Å². The van der Waals surface area contributed by atoms with Gasteiger partial charge in [0.05, 0.1) is 5.69 Å². The van der Waals surface area contributed by atoms with Gasteiger partial charge in [-0.3, -0.25) is 4.79 Å². The van der Waals surface area contributed by atoms with Gasteiger partial charge in [-0.2, -0.15) is 4.73 Å². The largest absolute Gasteiger partial charge is 0.425 e. The van der Waals surface area contributed by atoms with Gasteiger partial charge in [0.15, 0.2) is 0 Å². The summed E-state index contributed by atoms with van der Waals surface area (Å²) in [6.07, 6.45) is 21.0. The van der Waals surface area contributed by atoms with E-state index in [4.69, 9.17) is 0 Å². The molecule has 0 radical (unpaired) electrons. The first kappa shape index (κ1) is 23.8. The molecule has 156 valence electrons. The lowest BCUT2D eigenvalue weighted by molar-refractivity contribution is 0.163. The van der Waals surface area contributed by atoms with E-state index in [9.17, 15) is 10.0 Å². The molecule has 27 heavy (non-hydrogen) atoms. The van der Waals surface area contributed by atoms with Crippen molar-refractivity contribution in [2.45, 2.75) is 124 Å². The van der Waals surface area contributed by atoms with Crippen LogP contribution in [0.5, 0.6) is 0 Å². The molecule has 0 bridgehead atoms. The van der Waals surface area contributed by atoms with Crippen molar-refractivity contribution in [3.05, 3.63) is 33.2 Å². The Morgan fingerprint density at radius 3 is 1.59 bits per heavy atom. The van der Waals surface area contributed by atoms with E-state index in [0.717, 1.165) is 28.8 Å². The molecule has 0 amide bonds. The van der Waals surface area contributed by atoms with Gasteiger partial charge in [-0.25, -0.2) is 0 Å². The van der Waals surface area contributed by atoms with Crippen LogP contribution in [0.25, 0.3) is 0 Å². The number of aromatic nitrogens is 1. The lowest BCUT2D eigenvalue weighted by atomic mass is 10.0. The third-order valence-electron chi connectivity index (χ3n) is 5.80. The van der Waals surface area contributed by atoms with Crippen molar-refractivity contribution in [2.24, 2.45) is 0 Å². The van der Waals surface area contributed by atoms with Crippen LogP contribution in [-0.2, 0) is 6.42 Å². The third kappa shape index (κ3) is 10.0. The molecule has 0 aromatic carbocycles. The first-order valence-corrected chi connectivity index (χ1v) is 11.5. The van der Waals surface area contributed by atoms with Crippen LogP contribution in [0.4, 0.5) is 0 Å². The Morgan fingerprint density at radius 1 is 0.741 bits per heavy atom. The fourth-order valence-electron chi connectivity index (χ4n) is 3.73. The van der Waals surface area contributed by atoms with Gasteiger partial charge in [-0.1, -0.05) is 96.8 Å². The normalized spacial score (nSPS) is 11.2. The van der Waals surface area contributed by atoms with Crippen LogP contribution in [0.15, 0.2) is 10.9 Å². The Hall–Kier alpha value is -1.25. The fourth-order valence-corrected chi connectivity index (χ4v) is 3.73. The standard InChI is InChI=1S/C24H43NO2/c1-4-5-6-7-8-9-10-11-12-13-14-15-16-17-18-19-23-20-21(2)22(3)24(26)25(23)27/h20,27H,4-19H2,1-3H3. The predicted octanol–water partition coefficient (Wildman–Crippen LogP) is 7.12. The van der Waals surface area contributed by atoms with E-state index in [0.29, 0.717) is 5.56 Å². The van der Waals surface area contributed by atoms with Crippen molar-refractivity contribution in [3.63, 3.8) is 0 Å². The monoisotopic (exact) mass is 377 g/mol. The van der Waals surface area contributed by atoms with Crippen molar-refractivity contribution in [2.75, 3.05) is 0 Å². The molecule has 0 aliphatic rings. The molecule has 1 aromatic heterocycles. The van der Waals surface area contributed by atoms with Gasteiger partial charge in [0.25, 0.3) is 5.56 Å². The van der Waals surface area contributed by atoms with Crippen LogP contribution in [0.2, 0.25) is 0 Å². The highest BCUT2D eigenvalue weighted by Gasteiger charge is 2.08. The third-order valence-corrected chi connectivity index (χ3v) is 5.80. The van der Waals surface area contributed by atoms with Gasteiger partial charge in [0, 0.05) is 5.56 Å². The summed E-state index contributed by atoms with van der Waals surface area (Å²) < 4.78 is 0.839. The molecular formula is C24H43NO2. The Bertz CT molecular complexity index is 562. The highest BCUT2D eigenvalue weighted by Crippen LogP contribution is 2.14. The van der Waals surface area contributed by atoms with Crippen molar-refractivity contribution < 1.29 is 5.21 Å². The average Bonchev–Trinajstić information content (AvgIpc) is 2.67. The van der Waals surface area contributed by atoms with E-state index >= 15 is 0 Å². The quantitative estimate of drug-likeness (QED) is 0.246. The van der Waals surface area contributed by atoms with Crippen LogP contribution < -0.4 is 5.56 Å². The van der Waals surface area contributed by atoms with Crippen LogP contribution in [-0.4, -0.2) is 9.94 Å². The number of hydrogen-bond donors (Lipinski definition) is 1. The van der Waals surface area contributed by atoms with Gasteiger partial charge in [-0.15, -0.1) is 0 Å². The minimum atomic E-state index is -0.272. The van der Waals surface area contributed by atoms with Gasteiger partial charge in [0.1, 0.15) is 0 Å². The summed E-state index contributed by atoms with van der Waals surface area (Å²) in [5.41, 5.74) is 2.09. The van der Waals surface area contributed by atoms with E-state index in [1.54, 1.807) is 6.92 Å². The summed E-state index contributed by atoms with van der Waals surface area (Å²) >= 11 is 0. The van der Waals surface area contributed by atoms with E-state index in [2.05, 4.69) is 6.92 Å². The predicted molar refractivity (Wildman–Crippen MR) is 116 cm³/mol. The number of nitrogens with zero attached hydrogens (tertiary/aromatic N) is 1. The molecule has 0 saturated heterocycles. The smallest absolute Gasteiger partial charge is 0.286 e.